The third kappa shape index (κ3) is 4.02. The highest BCUT2D eigenvalue weighted by Gasteiger charge is 2.24. The normalized spacial score (nSPS) is 18.1. The van der Waals surface area contributed by atoms with Crippen LogP contribution >= 0.6 is 12.4 Å². The van der Waals surface area contributed by atoms with Crippen LogP contribution in [0.3, 0.4) is 0 Å². The average molecular weight is 317 g/mol. The van der Waals surface area contributed by atoms with E-state index in [4.69, 9.17) is 5.73 Å². The van der Waals surface area contributed by atoms with Gasteiger partial charge in [-0.2, -0.15) is 0 Å². The maximum atomic E-state index is 5.89. The third-order valence-corrected chi connectivity index (χ3v) is 4.55. The molecule has 1 saturated heterocycles. The predicted molar refractivity (Wildman–Crippen MR) is 96.4 cm³/mol. The highest BCUT2D eigenvalue weighted by Crippen LogP contribution is 2.24. The standard InChI is InChI=1S/C19H24N2.ClH/c1-15-6-2-3-8-17(15)13-19-10-5-11-21(19)14-16-7-4-9-18(20)12-16;/h2-4,6-9,12,19H,5,10-11,13-14,20H2,1H3;1H. The molecular weight excluding hydrogens is 292 g/mol. The number of likely N-dealkylation sites (tertiary alicyclic amines) is 1. The summed E-state index contributed by atoms with van der Waals surface area (Å²) >= 11 is 0. The van der Waals surface area contributed by atoms with Crippen LogP contribution in [0.25, 0.3) is 0 Å². The number of nitrogens with zero attached hydrogens (tertiary/aromatic N) is 1. The Bertz CT molecular complexity index is 612. The summed E-state index contributed by atoms with van der Waals surface area (Å²) in [6.45, 7) is 4.43. The smallest absolute Gasteiger partial charge is 0.0317 e. The van der Waals surface area contributed by atoms with Gasteiger partial charge in [0.05, 0.1) is 0 Å². The topological polar surface area (TPSA) is 29.3 Å². The highest BCUT2D eigenvalue weighted by atomic mass is 35.5. The molecule has 118 valence electrons. The summed E-state index contributed by atoms with van der Waals surface area (Å²) in [6.07, 6.45) is 3.77. The van der Waals surface area contributed by atoms with Crippen LogP contribution in [-0.4, -0.2) is 17.5 Å². The van der Waals surface area contributed by atoms with Gasteiger partial charge >= 0.3 is 0 Å². The first kappa shape index (κ1) is 16.9. The van der Waals surface area contributed by atoms with Crippen molar-refractivity contribution in [3.8, 4) is 0 Å². The molecule has 0 spiro atoms. The zero-order valence-electron chi connectivity index (χ0n) is 13.2. The van der Waals surface area contributed by atoms with Crippen molar-refractivity contribution in [1.82, 2.24) is 4.90 Å². The zero-order valence-corrected chi connectivity index (χ0v) is 14.0. The van der Waals surface area contributed by atoms with E-state index in [2.05, 4.69) is 54.3 Å². The summed E-state index contributed by atoms with van der Waals surface area (Å²) in [7, 11) is 0. The third-order valence-electron chi connectivity index (χ3n) is 4.55. The molecule has 0 saturated carbocycles. The van der Waals surface area contributed by atoms with Gasteiger partial charge < -0.3 is 5.73 Å². The Morgan fingerprint density at radius 1 is 1.14 bits per heavy atom. The lowest BCUT2D eigenvalue weighted by atomic mass is 9.99. The van der Waals surface area contributed by atoms with E-state index in [1.807, 2.05) is 6.07 Å². The number of nitrogen functional groups attached to an aromatic ring is 1. The first-order valence-electron chi connectivity index (χ1n) is 7.85. The molecule has 3 heteroatoms. The molecule has 1 atom stereocenters. The Labute approximate surface area is 139 Å². The largest absolute Gasteiger partial charge is 0.399 e. The number of halogens is 1. The molecule has 1 fully saturated rings. The van der Waals surface area contributed by atoms with Crippen molar-refractivity contribution < 1.29 is 0 Å². The van der Waals surface area contributed by atoms with Crippen LogP contribution in [0.5, 0.6) is 0 Å². The molecule has 0 aromatic heterocycles. The Hall–Kier alpha value is -1.51. The summed E-state index contributed by atoms with van der Waals surface area (Å²) in [4.78, 5) is 2.61. The van der Waals surface area contributed by atoms with E-state index in [-0.39, 0.29) is 12.4 Å². The first-order valence-corrected chi connectivity index (χ1v) is 7.85. The fraction of sp³-hybridized carbons (Fsp3) is 0.368. The molecule has 2 aromatic rings. The van der Waals surface area contributed by atoms with Gasteiger partial charge in [-0.3, -0.25) is 4.90 Å². The van der Waals surface area contributed by atoms with Crippen LogP contribution in [0.1, 0.15) is 29.5 Å². The maximum absolute atomic E-state index is 5.89. The molecule has 1 aliphatic heterocycles. The van der Waals surface area contributed by atoms with Crippen molar-refractivity contribution in [3.05, 3.63) is 65.2 Å². The Kier molecular flexibility index (Phi) is 5.87. The van der Waals surface area contributed by atoms with E-state index in [0.717, 1.165) is 18.7 Å². The fourth-order valence-electron chi connectivity index (χ4n) is 3.35. The Balaban J connectivity index is 0.00000176. The van der Waals surface area contributed by atoms with Crippen LogP contribution in [0.2, 0.25) is 0 Å². The second-order valence-electron chi connectivity index (χ2n) is 6.14. The lowest BCUT2D eigenvalue weighted by Gasteiger charge is -2.25. The minimum atomic E-state index is 0. The molecule has 0 amide bonds. The van der Waals surface area contributed by atoms with Gasteiger partial charge in [-0.25, -0.2) is 0 Å². The quantitative estimate of drug-likeness (QED) is 0.856. The van der Waals surface area contributed by atoms with Crippen molar-refractivity contribution in [2.45, 2.75) is 38.8 Å². The van der Waals surface area contributed by atoms with Crippen molar-refractivity contribution >= 4 is 18.1 Å². The van der Waals surface area contributed by atoms with Gasteiger partial charge in [-0.1, -0.05) is 36.4 Å². The van der Waals surface area contributed by atoms with Gasteiger partial charge in [0, 0.05) is 18.3 Å². The molecule has 2 N–H and O–H groups in total. The van der Waals surface area contributed by atoms with Gasteiger partial charge in [0.2, 0.25) is 0 Å². The number of benzene rings is 2. The fourth-order valence-corrected chi connectivity index (χ4v) is 3.35. The monoisotopic (exact) mass is 316 g/mol. The number of anilines is 1. The first-order chi connectivity index (χ1) is 10.2. The zero-order chi connectivity index (χ0) is 14.7. The van der Waals surface area contributed by atoms with E-state index < -0.39 is 0 Å². The van der Waals surface area contributed by atoms with Crippen molar-refractivity contribution in [2.24, 2.45) is 0 Å². The minimum absolute atomic E-state index is 0. The van der Waals surface area contributed by atoms with Crippen molar-refractivity contribution in [2.75, 3.05) is 12.3 Å². The van der Waals surface area contributed by atoms with Gasteiger partial charge in [0.25, 0.3) is 0 Å². The molecule has 0 radical (unpaired) electrons. The number of hydrogen-bond acceptors (Lipinski definition) is 2. The van der Waals surface area contributed by atoms with Crippen LogP contribution in [0.15, 0.2) is 48.5 Å². The summed E-state index contributed by atoms with van der Waals surface area (Å²) in [6, 6.07) is 17.7. The molecular formula is C19H25ClN2. The van der Waals surface area contributed by atoms with E-state index in [1.54, 1.807) is 0 Å². The number of hydrogen-bond donors (Lipinski definition) is 1. The molecule has 0 bridgehead atoms. The summed E-state index contributed by atoms with van der Waals surface area (Å²) < 4.78 is 0. The number of aryl methyl sites for hydroxylation is 1. The van der Waals surface area contributed by atoms with E-state index in [0.29, 0.717) is 6.04 Å². The highest BCUT2D eigenvalue weighted by molar-refractivity contribution is 5.85. The minimum Gasteiger partial charge on any atom is -0.399 e. The molecule has 22 heavy (non-hydrogen) atoms. The predicted octanol–water partition coefficient (Wildman–Crippen LogP) is 4.21. The molecule has 0 aliphatic carbocycles. The van der Waals surface area contributed by atoms with Gasteiger partial charge in [0.15, 0.2) is 0 Å². The van der Waals surface area contributed by atoms with Crippen molar-refractivity contribution in [3.63, 3.8) is 0 Å². The van der Waals surface area contributed by atoms with Gasteiger partial charge in [0.1, 0.15) is 0 Å². The lowest BCUT2D eigenvalue weighted by molar-refractivity contribution is 0.244. The summed E-state index contributed by atoms with van der Waals surface area (Å²) in [5.41, 5.74) is 11.0. The second kappa shape index (κ2) is 7.66. The van der Waals surface area contributed by atoms with Crippen LogP contribution in [-0.2, 0) is 13.0 Å². The molecule has 1 aliphatic rings. The van der Waals surface area contributed by atoms with Gasteiger partial charge in [-0.05, 0) is 61.6 Å². The Morgan fingerprint density at radius 2 is 1.95 bits per heavy atom. The lowest BCUT2D eigenvalue weighted by Crippen LogP contribution is -2.30. The Morgan fingerprint density at radius 3 is 2.73 bits per heavy atom. The van der Waals surface area contributed by atoms with Gasteiger partial charge in [-0.15, -0.1) is 12.4 Å². The van der Waals surface area contributed by atoms with Crippen LogP contribution < -0.4 is 5.73 Å². The molecule has 1 heterocycles. The molecule has 3 rings (SSSR count). The number of nitrogens with two attached hydrogens (primary N) is 1. The van der Waals surface area contributed by atoms with E-state index >= 15 is 0 Å². The van der Waals surface area contributed by atoms with Crippen LogP contribution in [0.4, 0.5) is 5.69 Å². The SMILES string of the molecule is Cc1ccccc1CC1CCCN1Cc1cccc(N)c1.Cl. The van der Waals surface area contributed by atoms with E-state index in [9.17, 15) is 0 Å². The molecule has 1 unspecified atom stereocenters. The summed E-state index contributed by atoms with van der Waals surface area (Å²) in [5.74, 6) is 0. The van der Waals surface area contributed by atoms with E-state index in [1.165, 1.54) is 36.1 Å². The molecule has 2 nitrogen and oxygen atoms in total. The number of rotatable bonds is 4. The summed E-state index contributed by atoms with van der Waals surface area (Å²) in [5, 5.41) is 0. The molecule has 2 aromatic carbocycles. The maximum Gasteiger partial charge on any atom is 0.0317 e. The second-order valence-corrected chi connectivity index (χ2v) is 6.14. The van der Waals surface area contributed by atoms with Crippen LogP contribution in [0, 0.1) is 6.92 Å². The van der Waals surface area contributed by atoms with Crippen molar-refractivity contribution in [1.29, 1.82) is 0 Å². The average Bonchev–Trinajstić information content (AvgIpc) is 2.89.